The van der Waals surface area contributed by atoms with E-state index >= 15 is 0 Å². The van der Waals surface area contributed by atoms with E-state index in [-0.39, 0.29) is 0 Å². The van der Waals surface area contributed by atoms with Crippen LogP contribution in [-0.4, -0.2) is 47.1 Å². The molecule has 2 N–H and O–H groups in total. The topological polar surface area (TPSA) is 58.3 Å². The molecule has 5 nitrogen and oxygen atoms in total. The summed E-state index contributed by atoms with van der Waals surface area (Å²) in [4.78, 5) is 13.7. The van der Waals surface area contributed by atoms with E-state index in [9.17, 15) is 0 Å². The molecule has 1 aliphatic carbocycles. The van der Waals surface area contributed by atoms with Crippen LogP contribution in [0.2, 0.25) is 0 Å². The van der Waals surface area contributed by atoms with E-state index in [1.165, 1.54) is 12.8 Å². The highest BCUT2D eigenvalue weighted by Crippen LogP contribution is 2.27. The monoisotopic (exact) mass is 233 g/mol. The van der Waals surface area contributed by atoms with Crippen molar-refractivity contribution < 1.29 is 0 Å². The lowest BCUT2D eigenvalue weighted by atomic mass is 10.3. The van der Waals surface area contributed by atoms with Gasteiger partial charge in [-0.05, 0) is 18.9 Å². The third-order valence-electron chi connectivity index (χ3n) is 3.57. The van der Waals surface area contributed by atoms with Gasteiger partial charge in [-0.2, -0.15) is 0 Å². The molecule has 2 fully saturated rings. The van der Waals surface area contributed by atoms with E-state index in [2.05, 4.69) is 19.8 Å². The average molecular weight is 233 g/mol. The van der Waals surface area contributed by atoms with Gasteiger partial charge in [0.1, 0.15) is 0 Å². The van der Waals surface area contributed by atoms with Crippen molar-refractivity contribution in [3.8, 4) is 0 Å². The fraction of sp³-hybridized carbons (Fsp3) is 0.667. The Morgan fingerprint density at radius 3 is 2.65 bits per heavy atom. The first-order chi connectivity index (χ1) is 8.36. The Labute approximate surface area is 102 Å². The van der Waals surface area contributed by atoms with E-state index in [1.807, 2.05) is 6.07 Å². The zero-order chi connectivity index (χ0) is 11.7. The molecule has 0 amide bonds. The Morgan fingerprint density at radius 2 is 2.00 bits per heavy atom. The summed E-state index contributed by atoms with van der Waals surface area (Å²) in [7, 11) is 0. The summed E-state index contributed by atoms with van der Waals surface area (Å²) in [5.74, 6) is 0.836. The van der Waals surface area contributed by atoms with Gasteiger partial charge in [0.25, 0.3) is 0 Å². The maximum atomic E-state index is 5.60. The second-order valence-electron chi connectivity index (χ2n) is 4.81. The summed E-state index contributed by atoms with van der Waals surface area (Å²) in [6.45, 7) is 4.83. The van der Waals surface area contributed by atoms with Crippen LogP contribution in [0.25, 0.3) is 0 Å². The molecule has 2 heterocycles. The second kappa shape index (κ2) is 4.58. The highest BCUT2D eigenvalue weighted by molar-refractivity contribution is 5.31. The Kier molecular flexibility index (Phi) is 2.94. The molecule has 0 unspecified atom stereocenters. The van der Waals surface area contributed by atoms with Gasteiger partial charge in [-0.1, -0.05) is 0 Å². The molecule has 3 rings (SSSR count). The third-order valence-corrected chi connectivity index (χ3v) is 3.57. The molecule has 1 saturated carbocycles. The molecule has 1 aromatic heterocycles. The highest BCUT2D eigenvalue weighted by atomic mass is 15.3. The van der Waals surface area contributed by atoms with Crippen molar-refractivity contribution in [2.24, 2.45) is 5.73 Å². The van der Waals surface area contributed by atoms with Crippen molar-refractivity contribution in [2.75, 3.05) is 31.1 Å². The van der Waals surface area contributed by atoms with Crippen molar-refractivity contribution in [1.29, 1.82) is 0 Å². The van der Waals surface area contributed by atoms with Crippen molar-refractivity contribution in [3.05, 3.63) is 18.0 Å². The summed E-state index contributed by atoms with van der Waals surface area (Å²) in [6, 6.07) is 2.75. The minimum absolute atomic E-state index is 0.484. The Balaban J connectivity index is 1.64. The summed E-state index contributed by atoms with van der Waals surface area (Å²) >= 11 is 0. The van der Waals surface area contributed by atoms with Gasteiger partial charge in [-0.3, -0.25) is 4.90 Å². The van der Waals surface area contributed by atoms with Crippen LogP contribution in [0.5, 0.6) is 0 Å². The normalized spacial score (nSPS) is 21.8. The number of aromatic nitrogens is 2. The van der Waals surface area contributed by atoms with Gasteiger partial charge in [-0.25, -0.2) is 9.97 Å². The van der Waals surface area contributed by atoms with Crippen LogP contribution in [0.3, 0.4) is 0 Å². The van der Waals surface area contributed by atoms with Gasteiger partial charge in [0.05, 0.1) is 5.69 Å². The molecule has 0 aromatic carbocycles. The van der Waals surface area contributed by atoms with Crippen LogP contribution >= 0.6 is 0 Å². The zero-order valence-electron chi connectivity index (χ0n) is 10.0. The van der Waals surface area contributed by atoms with Gasteiger partial charge in [0.15, 0.2) is 0 Å². The molecular formula is C12H19N5. The molecule has 2 aliphatic rings. The molecule has 5 heteroatoms. The molecule has 1 saturated heterocycles. The largest absolute Gasteiger partial charge is 0.338 e. The summed E-state index contributed by atoms with van der Waals surface area (Å²) < 4.78 is 0. The van der Waals surface area contributed by atoms with Gasteiger partial charge >= 0.3 is 0 Å². The number of anilines is 1. The molecule has 0 radical (unpaired) electrons. The predicted molar refractivity (Wildman–Crippen MR) is 66.7 cm³/mol. The van der Waals surface area contributed by atoms with E-state index in [4.69, 9.17) is 5.73 Å². The highest BCUT2D eigenvalue weighted by Gasteiger charge is 2.31. The van der Waals surface area contributed by atoms with E-state index in [0.29, 0.717) is 6.54 Å². The number of piperazine rings is 1. The minimum Gasteiger partial charge on any atom is -0.338 e. The smallest absolute Gasteiger partial charge is 0.225 e. The van der Waals surface area contributed by atoms with Crippen LogP contribution < -0.4 is 10.6 Å². The summed E-state index contributed by atoms with van der Waals surface area (Å²) in [5, 5.41) is 0. The van der Waals surface area contributed by atoms with Gasteiger partial charge in [-0.15, -0.1) is 0 Å². The Morgan fingerprint density at radius 1 is 1.24 bits per heavy atom. The molecule has 0 spiro atoms. The third kappa shape index (κ3) is 2.40. The quantitative estimate of drug-likeness (QED) is 0.809. The SMILES string of the molecule is NCc1ccnc(N2CCN(C3CC3)CC2)n1. The predicted octanol–water partition coefficient (Wildman–Crippen LogP) is 0.220. The fourth-order valence-electron chi connectivity index (χ4n) is 2.38. The van der Waals surface area contributed by atoms with Gasteiger partial charge in [0.2, 0.25) is 5.95 Å². The van der Waals surface area contributed by atoms with Crippen LogP contribution in [0.1, 0.15) is 18.5 Å². The Hall–Kier alpha value is -1.20. The number of hydrogen-bond donors (Lipinski definition) is 1. The summed E-state index contributed by atoms with van der Waals surface area (Å²) in [6.07, 6.45) is 4.58. The lowest BCUT2D eigenvalue weighted by Gasteiger charge is -2.34. The summed E-state index contributed by atoms with van der Waals surface area (Å²) in [5.41, 5.74) is 6.52. The first-order valence-electron chi connectivity index (χ1n) is 6.38. The average Bonchev–Trinajstić information content (AvgIpc) is 3.23. The Bertz CT molecular complexity index is 382. The molecule has 0 bridgehead atoms. The van der Waals surface area contributed by atoms with Crippen LogP contribution in [0, 0.1) is 0 Å². The lowest BCUT2D eigenvalue weighted by Crippen LogP contribution is -2.47. The van der Waals surface area contributed by atoms with Crippen molar-refractivity contribution in [3.63, 3.8) is 0 Å². The van der Waals surface area contributed by atoms with Crippen molar-refractivity contribution >= 4 is 5.95 Å². The molecule has 0 atom stereocenters. The lowest BCUT2D eigenvalue weighted by molar-refractivity contribution is 0.247. The molecule has 92 valence electrons. The first kappa shape index (κ1) is 10.9. The van der Waals surface area contributed by atoms with Crippen molar-refractivity contribution in [1.82, 2.24) is 14.9 Å². The fourth-order valence-corrected chi connectivity index (χ4v) is 2.38. The van der Waals surface area contributed by atoms with Crippen LogP contribution in [-0.2, 0) is 6.54 Å². The molecular weight excluding hydrogens is 214 g/mol. The first-order valence-corrected chi connectivity index (χ1v) is 6.38. The van der Waals surface area contributed by atoms with E-state index in [1.54, 1.807) is 6.20 Å². The minimum atomic E-state index is 0.484. The van der Waals surface area contributed by atoms with E-state index < -0.39 is 0 Å². The molecule has 17 heavy (non-hydrogen) atoms. The van der Waals surface area contributed by atoms with Gasteiger partial charge < -0.3 is 10.6 Å². The standard InChI is InChI=1S/C12H19N5/c13-9-10-3-4-14-12(15-10)17-7-5-16(6-8-17)11-1-2-11/h3-4,11H,1-2,5-9,13H2. The van der Waals surface area contributed by atoms with Crippen molar-refractivity contribution in [2.45, 2.75) is 25.4 Å². The maximum absolute atomic E-state index is 5.60. The van der Waals surface area contributed by atoms with Gasteiger partial charge in [0, 0.05) is 45.0 Å². The number of nitrogens with two attached hydrogens (primary N) is 1. The van der Waals surface area contributed by atoms with Crippen LogP contribution in [0.15, 0.2) is 12.3 Å². The molecule has 1 aliphatic heterocycles. The van der Waals surface area contributed by atoms with Crippen LogP contribution in [0.4, 0.5) is 5.95 Å². The van der Waals surface area contributed by atoms with E-state index in [0.717, 1.165) is 43.9 Å². The maximum Gasteiger partial charge on any atom is 0.225 e. The number of hydrogen-bond acceptors (Lipinski definition) is 5. The number of rotatable bonds is 3. The second-order valence-corrected chi connectivity index (χ2v) is 4.81. The molecule has 1 aromatic rings. The number of nitrogens with zero attached hydrogens (tertiary/aromatic N) is 4. The zero-order valence-corrected chi connectivity index (χ0v) is 10.0.